The van der Waals surface area contributed by atoms with Gasteiger partial charge in [0, 0.05) is 18.8 Å². The van der Waals surface area contributed by atoms with Gasteiger partial charge in [-0.3, -0.25) is 0 Å². The summed E-state index contributed by atoms with van der Waals surface area (Å²) in [4.78, 5) is 2.25. The van der Waals surface area contributed by atoms with E-state index in [9.17, 15) is 0 Å². The van der Waals surface area contributed by atoms with E-state index in [1.165, 1.54) is 5.69 Å². The summed E-state index contributed by atoms with van der Waals surface area (Å²) in [5, 5.41) is 17.8. The summed E-state index contributed by atoms with van der Waals surface area (Å²) in [5.41, 5.74) is 0.937. The molecule has 0 fully saturated rings. The molecule has 1 aromatic carbocycles. The van der Waals surface area contributed by atoms with E-state index in [0.717, 1.165) is 32.4 Å². The Bertz CT molecular complexity index is 465. The lowest BCUT2D eigenvalue weighted by atomic mass is 9.89. The molecule has 3 heteroatoms. The zero-order valence-corrected chi connectivity index (χ0v) is 12.5. The lowest BCUT2D eigenvalue weighted by molar-refractivity contribution is 0.427. The highest BCUT2D eigenvalue weighted by molar-refractivity contribution is 5.45. The molecule has 0 aliphatic heterocycles. The van der Waals surface area contributed by atoms with Crippen molar-refractivity contribution in [3.63, 3.8) is 0 Å². The van der Waals surface area contributed by atoms with E-state index in [2.05, 4.69) is 29.2 Å². The Hall–Kier alpha value is -2.00. The van der Waals surface area contributed by atoms with Crippen LogP contribution in [0.15, 0.2) is 30.3 Å². The van der Waals surface area contributed by atoms with Gasteiger partial charge in [-0.2, -0.15) is 10.5 Å². The van der Waals surface area contributed by atoms with Crippen molar-refractivity contribution >= 4 is 5.69 Å². The molecule has 0 amide bonds. The van der Waals surface area contributed by atoms with Gasteiger partial charge in [0.05, 0.1) is 24.0 Å². The minimum Gasteiger partial charge on any atom is -0.371 e. The van der Waals surface area contributed by atoms with E-state index in [0.29, 0.717) is 6.42 Å². The molecule has 1 rings (SSSR count). The van der Waals surface area contributed by atoms with Crippen LogP contribution in [0.1, 0.15) is 39.5 Å². The van der Waals surface area contributed by atoms with Crippen molar-refractivity contribution in [1.82, 2.24) is 0 Å². The molecule has 0 saturated carbocycles. The Morgan fingerprint density at radius 1 is 1.05 bits per heavy atom. The van der Waals surface area contributed by atoms with Gasteiger partial charge in [-0.1, -0.05) is 24.6 Å². The lowest BCUT2D eigenvalue weighted by Gasteiger charge is -2.24. The molecular formula is C17H23N3. The maximum Gasteiger partial charge on any atom is 0.0683 e. The van der Waals surface area contributed by atoms with Gasteiger partial charge in [-0.25, -0.2) is 0 Å². The van der Waals surface area contributed by atoms with Gasteiger partial charge in [0.25, 0.3) is 0 Å². The molecule has 0 N–H and O–H groups in total. The fourth-order valence-electron chi connectivity index (χ4n) is 2.12. The number of nitriles is 2. The van der Waals surface area contributed by atoms with Crippen LogP contribution in [-0.2, 0) is 0 Å². The molecule has 1 aromatic rings. The first kappa shape index (κ1) is 16.1. The number of hydrogen-bond acceptors (Lipinski definition) is 3. The van der Waals surface area contributed by atoms with Crippen LogP contribution in [0.25, 0.3) is 0 Å². The van der Waals surface area contributed by atoms with Crippen LogP contribution in [0.2, 0.25) is 0 Å². The first-order chi connectivity index (χ1) is 9.59. The van der Waals surface area contributed by atoms with E-state index in [1.807, 2.05) is 32.0 Å². The monoisotopic (exact) mass is 269 g/mol. The Kier molecular flexibility index (Phi) is 6.60. The number of unbranched alkanes of at least 4 members (excludes halogenated alkanes) is 1. The summed E-state index contributed by atoms with van der Waals surface area (Å²) in [6, 6.07) is 14.7. The molecule has 20 heavy (non-hydrogen) atoms. The first-order valence-electron chi connectivity index (χ1n) is 7.17. The van der Waals surface area contributed by atoms with E-state index in [4.69, 9.17) is 10.5 Å². The number of anilines is 1. The second-order valence-electron chi connectivity index (χ2n) is 5.68. The van der Waals surface area contributed by atoms with E-state index < -0.39 is 0 Å². The van der Waals surface area contributed by atoms with Gasteiger partial charge >= 0.3 is 0 Å². The molecule has 0 aliphatic carbocycles. The summed E-state index contributed by atoms with van der Waals surface area (Å²) in [6.45, 7) is 5.67. The SMILES string of the molecule is CC(C)(C#N)CCCCN(CCC#N)c1ccccc1. The van der Waals surface area contributed by atoms with Gasteiger partial charge in [-0.05, 0) is 38.8 Å². The van der Waals surface area contributed by atoms with Crippen molar-refractivity contribution in [2.45, 2.75) is 39.5 Å². The molecule has 0 radical (unpaired) electrons. The fourth-order valence-corrected chi connectivity index (χ4v) is 2.12. The second kappa shape index (κ2) is 8.23. The van der Waals surface area contributed by atoms with Crippen molar-refractivity contribution in [3.8, 4) is 12.1 Å². The number of hydrogen-bond donors (Lipinski definition) is 0. The minimum atomic E-state index is -0.232. The van der Waals surface area contributed by atoms with E-state index in [-0.39, 0.29) is 5.41 Å². The van der Waals surface area contributed by atoms with Crippen molar-refractivity contribution in [2.24, 2.45) is 5.41 Å². The van der Waals surface area contributed by atoms with Crippen molar-refractivity contribution in [1.29, 1.82) is 10.5 Å². The predicted molar refractivity (Wildman–Crippen MR) is 82.1 cm³/mol. The van der Waals surface area contributed by atoms with Crippen molar-refractivity contribution in [2.75, 3.05) is 18.0 Å². The summed E-state index contributed by atoms with van der Waals surface area (Å²) in [6.07, 6.45) is 3.55. The standard InChI is InChI=1S/C17H23N3/c1-17(2,15-19)11-6-7-13-20(14-8-12-18)16-9-4-3-5-10-16/h3-5,9-10H,6-8,11,13-14H2,1-2H3. The lowest BCUT2D eigenvalue weighted by Crippen LogP contribution is -2.25. The van der Waals surface area contributed by atoms with Crippen molar-refractivity contribution < 1.29 is 0 Å². The third kappa shape index (κ3) is 5.76. The topological polar surface area (TPSA) is 50.8 Å². The van der Waals surface area contributed by atoms with Gasteiger partial charge in [0.1, 0.15) is 0 Å². The number of nitrogens with zero attached hydrogens (tertiary/aromatic N) is 3. The van der Waals surface area contributed by atoms with Crippen molar-refractivity contribution in [3.05, 3.63) is 30.3 Å². The molecule has 106 valence electrons. The van der Waals surface area contributed by atoms with Crippen LogP contribution >= 0.6 is 0 Å². The quantitative estimate of drug-likeness (QED) is 0.667. The molecule has 3 nitrogen and oxygen atoms in total. The molecule has 0 atom stereocenters. The van der Waals surface area contributed by atoms with E-state index >= 15 is 0 Å². The number of rotatable bonds is 8. The summed E-state index contributed by atoms with van der Waals surface area (Å²) in [7, 11) is 0. The van der Waals surface area contributed by atoms with Gasteiger partial charge in [0.15, 0.2) is 0 Å². The third-order valence-corrected chi connectivity index (χ3v) is 3.40. The van der Waals surface area contributed by atoms with E-state index in [1.54, 1.807) is 0 Å². The summed E-state index contributed by atoms with van der Waals surface area (Å²) >= 11 is 0. The zero-order valence-electron chi connectivity index (χ0n) is 12.5. The molecule has 0 aromatic heterocycles. The highest BCUT2D eigenvalue weighted by Crippen LogP contribution is 2.22. The molecule has 0 bridgehead atoms. The molecule has 0 unspecified atom stereocenters. The smallest absolute Gasteiger partial charge is 0.0683 e. The van der Waals surface area contributed by atoms with Gasteiger partial charge < -0.3 is 4.90 Å². The maximum absolute atomic E-state index is 9.00. The van der Waals surface area contributed by atoms with Crippen LogP contribution in [0.4, 0.5) is 5.69 Å². The Morgan fingerprint density at radius 2 is 1.75 bits per heavy atom. The van der Waals surface area contributed by atoms with Crippen LogP contribution in [0, 0.1) is 28.1 Å². The molecule has 0 spiro atoms. The van der Waals surface area contributed by atoms with Crippen LogP contribution in [0.3, 0.4) is 0 Å². The minimum absolute atomic E-state index is 0.232. The van der Waals surface area contributed by atoms with Crippen LogP contribution in [-0.4, -0.2) is 13.1 Å². The second-order valence-corrected chi connectivity index (χ2v) is 5.68. The maximum atomic E-state index is 9.00. The van der Waals surface area contributed by atoms with Crippen LogP contribution in [0.5, 0.6) is 0 Å². The normalized spacial score (nSPS) is 10.6. The molecular weight excluding hydrogens is 246 g/mol. The Labute approximate surface area is 122 Å². The average molecular weight is 269 g/mol. The summed E-state index contributed by atoms with van der Waals surface area (Å²) < 4.78 is 0. The fraction of sp³-hybridized carbons (Fsp3) is 0.529. The highest BCUT2D eigenvalue weighted by Gasteiger charge is 2.15. The van der Waals surface area contributed by atoms with Gasteiger partial charge in [-0.15, -0.1) is 0 Å². The first-order valence-corrected chi connectivity index (χ1v) is 7.17. The predicted octanol–water partition coefficient (Wildman–Crippen LogP) is 4.13. The number of benzene rings is 1. The third-order valence-electron chi connectivity index (χ3n) is 3.40. The largest absolute Gasteiger partial charge is 0.371 e. The molecule has 0 saturated heterocycles. The molecule has 0 heterocycles. The van der Waals surface area contributed by atoms with Crippen LogP contribution < -0.4 is 4.90 Å². The molecule has 0 aliphatic rings. The zero-order chi connectivity index (χ0) is 14.8. The van der Waals surface area contributed by atoms with Gasteiger partial charge in [0.2, 0.25) is 0 Å². The Morgan fingerprint density at radius 3 is 2.35 bits per heavy atom. The number of para-hydroxylation sites is 1. The summed E-state index contributed by atoms with van der Waals surface area (Å²) in [5.74, 6) is 0. The Balaban J connectivity index is 2.47. The average Bonchev–Trinajstić information content (AvgIpc) is 2.47. The highest BCUT2D eigenvalue weighted by atomic mass is 15.1.